The van der Waals surface area contributed by atoms with E-state index in [0.717, 1.165) is 82.9 Å². The van der Waals surface area contributed by atoms with E-state index in [1.807, 2.05) is 36.4 Å². The van der Waals surface area contributed by atoms with Crippen molar-refractivity contribution in [2.75, 3.05) is 0 Å². The molecule has 0 radical (unpaired) electrons. The molecule has 13 rings (SSSR count). The molecule has 0 aliphatic carbocycles. The van der Waals surface area contributed by atoms with E-state index in [0.29, 0.717) is 17.5 Å². The summed E-state index contributed by atoms with van der Waals surface area (Å²) >= 11 is 0. The van der Waals surface area contributed by atoms with Gasteiger partial charge in [-0.15, -0.1) is 0 Å². The van der Waals surface area contributed by atoms with Crippen molar-refractivity contribution in [3.8, 4) is 56.7 Å². The third kappa shape index (κ3) is 5.62. The number of hydrogen-bond donors (Lipinski definition) is 0. The Hall–Kier alpha value is -8.61. The maximum absolute atomic E-state index is 6.92. The molecule has 0 fully saturated rings. The van der Waals surface area contributed by atoms with Crippen molar-refractivity contribution in [1.29, 1.82) is 0 Å². The van der Waals surface area contributed by atoms with Crippen LogP contribution in [0.4, 0.5) is 0 Å². The number of benzene rings is 9. The number of fused-ring (bicyclic) bond motifs is 10. The Bertz CT molecular complexity index is 3830. The highest BCUT2D eigenvalue weighted by molar-refractivity contribution is 6.22. The Morgan fingerprint density at radius 3 is 1.48 bits per heavy atom. The topological polar surface area (TPSA) is 61.7 Å². The van der Waals surface area contributed by atoms with Crippen LogP contribution >= 0.6 is 0 Å². The van der Waals surface area contributed by atoms with Crippen LogP contribution < -0.4 is 0 Å². The van der Waals surface area contributed by atoms with Crippen LogP contribution in [-0.4, -0.2) is 24.1 Å². The Labute approximate surface area is 361 Å². The number of furan rings is 1. The van der Waals surface area contributed by atoms with Crippen LogP contribution in [0.2, 0.25) is 0 Å². The smallest absolute Gasteiger partial charge is 0.164 e. The molecule has 13 aromatic rings. The van der Waals surface area contributed by atoms with E-state index in [-0.39, 0.29) is 0 Å². The van der Waals surface area contributed by atoms with Gasteiger partial charge in [0.05, 0.1) is 22.1 Å². The van der Waals surface area contributed by atoms with Crippen molar-refractivity contribution >= 4 is 65.6 Å². The Kier molecular flexibility index (Phi) is 7.80. The lowest BCUT2D eigenvalue weighted by atomic mass is 10.0. The largest absolute Gasteiger partial charge is 0.454 e. The second-order valence-corrected chi connectivity index (χ2v) is 16.0. The average Bonchev–Trinajstić information content (AvgIpc) is 4.02. The first kappa shape index (κ1) is 35.2. The van der Waals surface area contributed by atoms with E-state index in [4.69, 9.17) is 19.4 Å². The van der Waals surface area contributed by atoms with Gasteiger partial charge in [0, 0.05) is 60.4 Å². The van der Waals surface area contributed by atoms with Crippen LogP contribution in [0.25, 0.3) is 122 Å². The van der Waals surface area contributed by atoms with Gasteiger partial charge in [0.2, 0.25) is 0 Å². The number of hydrogen-bond acceptors (Lipinski definition) is 4. The maximum Gasteiger partial charge on any atom is 0.164 e. The van der Waals surface area contributed by atoms with Crippen LogP contribution in [0.5, 0.6) is 0 Å². The summed E-state index contributed by atoms with van der Waals surface area (Å²) < 4.78 is 11.6. The molecule has 294 valence electrons. The van der Waals surface area contributed by atoms with E-state index in [9.17, 15) is 0 Å². The van der Waals surface area contributed by atoms with E-state index in [2.05, 4.69) is 185 Å². The first-order valence-electron chi connectivity index (χ1n) is 21.2. The molecule has 0 amide bonds. The highest BCUT2D eigenvalue weighted by atomic mass is 16.3. The molecular weight excluding hydrogens is 771 g/mol. The lowest BCUT2D eigenvalue weighted by Crippen LogP contribution is -2.00. The summed E-state index contributed by atoms with van der Waals surface area (Å²) in [4.78, 5) is 15.3. The number of aromatic nitrogens is 5. The van der Waals surface area contributed by atoms with Crippen LogP contribution in [0, 0.1) is 0 Å². The van der Waals surface area contributed by atoms with Gasteiger partial charge in [-0.25, -0.2) is 15.0 Å². The molecule has 4 aromatic heterocycles. The summed E-state index contributed by atoms with van der Waals surface area (Å²) in [5.41, 5.74) is 13.2. The van der Waals surface area contributed by atoms with Crippen LogP contribution in [0.15, 0.2) is 217 Å². The second kappa shape index (κ2) is 14.0. The molecule has 0 bridgehead atoms. The molecule has 0 unspecified atom stereocenters. The van der Waals surface area contributed by atoms with Crippen molar-refractivity contribution in [2.24, 2.45) is 0 Å². The first-order valence-corrected chi connectivity index (χ1v) is 21.2. The third-order valence-corrected chi connectivity index (χ3v) is 12.4. The standard InChI is InChI=1S/C57H35N5O/c1-4-14-36(15-5-1)37-24-26-39(27-25-37)56-58-55(38-16-6-2-7-17-38)59-57(60-56)40-28-30-45-46-31-32-47-48-35-42(61-49-22-12-10-20-43(49)44-21-11-13-23-50(44)61)29-33-52(48)63-54(47)53(46)62(51(45)34-40)41-18-8-3-9-19-41/h1-35H. The molecule has 0 spiro atoms. The molecule has 0 saturated heterocycles. The van der Waals surface area contributed by atoms with Gasteiger partial charge in [-0.2, -0.15) is 0 Å². The predicted octanol–water partition coefficient (Wildman–Crippen LogP) is 14.6. The molecule has 4 heterocycles. The Morgan fingerprint density at radius 1 is 0.302 bits per heavy atom. The van der Waals surface area contributed by atoms with Crippen LogP contribution in [-0.2, 0) is 0 Å². The summed E-state index contributed by atoms with van der Waals surface area (Å²) in [7, 11) is 0. The van der Waals surface area contributed by atoms with Crippen molar-refractivity contribution < 1.29 is 4.42 Å². The maximum atomic E-state index is 6.92. The number of para-hydroxylation sites is 3. The Morgan fingerprint density at radius 2 is 0.794 bits per heavy atom. The van der Waals surface area contributed by atoms with E-state index in [1.165, 1.54) is 21.8 Å². The van der Waals surface area contributed by atoms with Gasteiger partial charge in [-0.1, -0.05) is 158 Å². The fourth-order valence-electron chi connectivity index (χ4n) is 9.44. The Balaban J connectivity index is 1.01. The fraction of sp³-hybridized carbons (Fsp3) is 0. The zero-order valence-electron chi connectivity index (χ0n) is 33.9. The molecule has 63 heavy (non-hydrogen) atoms. The minimum atomic E-state index is 0.601. The van der Waals surface area contributed by atoms with Gasteiger partial charge in [0.15, 0.2) is 23.1 Å². The normalized spacial score (nSPS) is 11.8. The third-order valence-electron chi connectivity index (χ3n) is 12.4. The zero-order chi connectivity index (χ0) is 41.4. The fourth-order valence-corrected chi connectivity index (χ4v) is 9.44. The van der Waals surface area contributed by atoms with Crippen LogP contribution in [0.3, 0.4) is 0 Å². The molecule has 0 saturated carbocycles. The summed E-state index contributed by atoms with van der Waals surface area (Å²) in [6, 6.07) is 74.3. The van der Waals surface area contributed by atoms with Gasteiger partial charge in [0.25, 0.3) is 0 Å². The van der Waals surface area contributed by atoms with Gasteiger partial charge in [-0.05, 0) is 65.7 Å². The highest BCUT2D eigenvalue weighted by Crippen LogP contribution is 2.42. The van der Waals surface area contributed by atoms with Gasteiger partial charge in [0.1, 0.15) is 5.58 Å². The minimum Gasteiger partial charge on any atom is -0.454 e. The van der Waals surface area contributed by atoms with E-state index in [1.54, 1.807) is 0 Å². The lowest BCUT2D eigenvalue weighted by Gasteiger charge is -2.11. The summed E-state index contributed by atoms with van der Waals surface area (Å²) in [5, 5.41) is 6.82. The first-order chi connectivity index (χ1) is 31.2. The SMILES string of the molecule is c1ccc(-c2ccc(-c3nc(-c4ccccc4)nc(-c4ccc5c6ccc7c8cc(-n9c%10ccccc%10c%10ccccc%109)ccc8oc7c6n(-c6ccccc6)c5c4)n3)cc2)cc1. The highest BCUT2D eigenvalue weighted by Gasteiger charge is 2.22. The molecule has 0 N–H and O–H groups in total. The number of nitrogens with zero attached hydrogens (tertiary/aromatic N) is 5. The average molecular weight is 806 g/mol. The van der Waals surface area contributed by atoms with E-state index >= 15 is 0 Å². The van der Waals surface area contributed by atoms with Crippen molar-refractivity contribution in [3.05, 3.63) is 212 Å². The monoisotopic (exact) mass is 805 g/mol. The molecule has 0 aliphatic rings. The molecule has 0 atom stereocenters. The van der Waals surface area contributed by atoms with Gasteiger partial charge >= 0.3 is 0 Å². The molecule has 6 nitrogen and oxygen atoms in total. The quantitative estimate of drug-likeness (QED) is 0.168. The minimum absolute atomic E-state index is 0.601. The zero-order valence-corrected chi connectivity index (χ0v) is 33.9. The van der Waals surface area contributed by atoms with Crippen LogP contribution in [0.1, 0.15) is 0 Å². The summed E-state index contributed by atoms with van der Waals surface area (Å²) in [6.45, 7) is 0. The molecular formula is C57H35N5O. The second-order valence-electron chi connectivity index (χ2n) is 16.0. The molecule has 9 aromatic carbocycles. The van der Waals surface area contributed by atoms with Crippen molar-refractivity contribution in [2.45, 2.75) is 0 Å². The summed E-state index contributed by atoms with van der Waals surface area (Å²) in [5.74, 6) is 1.84. The summed E-state index contributed by atoms with van der Waals surface area (Å²) in [6.07, 6.45) is 0. The lowest BCUT2D eigenvalue weighted by molar-refractivity contribution is 0.671. The predicted molar refractivity (Wildman–Crippen MR) is 258 cm³/mol. The van der Waals surface area contributed by atoms with Crippen molar-refractivity contribution in [1.82, 2.24) is 24.1 Å². The molecule has 0 aliphatic heterocycles. The van der Waals surface area contributed by atoms with Gasteiger partial charge < -0.3 is 13.6 Å². The van der Waals surface area contributed by atoms with Crippen molar-refractivity contribution in [3.63, 3.8) is 0 Å². The van der Waals surface area contributed by atoms with Gasteiger partial charge in [-0.3, -0.25) is 0 Å². The molecule has 6 heteroatoms. The van der Waals surface area contributed by atoms with E-state index < -0.39 is 0 Å². The number of rotatable bonds is 6.